The molecule has 2 aromatic rings. The van der Waals surface area contributed by atoms with E-state index in [-0.39, 0.29) is 0 Å². The predicted octanol–water partition coefficient (Wildman–Crippen LogP) is 2.72. The molecule has 0 aliphatic carbocycles. The highest BCUT2D eigenvalue weighted by Gasteiger charge is 2.06. The molecule has 0 radical (unpaired) electrons. The lowest BCUT2D eigenvalue weighted by Crippen LogP contribution is -1.86. The van der Waals surface area contributed by atoms with Crippen LogP contribution in [0, 0.1) is 0 Å². The zero-order chi connectivity index (χ0) is 8.72. The molecular weight excluding hydrogens is 192 g/mol. The number of benzene rings is 1. The molecule has 0 amide bonds. The van der Waals surface area contributed by atoms with Crippen molar-refractivity contribution in [2.24, 2.45) is 0 Å². The first-order chi connectivity index (χ1) is 5.70. The lowest BCUT2D eigenvalue weighted by Gasteiger charge is -1.98. The maximum absolute atomic E-state index is 5.97. The molecule has 0 spiro atoms. The molecule has 2 nitrogen and oxygen atoms in total. The maximum atomic E-state index is 5.97. The van der Waals surface area contributed by atoms with Gasteiger partial charge in [0, 0.05) is 10.8 Å². The molecule has 0 aliphatic heterocycles. The fourth-order valence-corrected chi connectivity index (χ4v) is 2.30. The number of anilines is 2. The van der Waals surface area contributed by atoms with Crippen molar-refractivity contribution in [3.05, 3.63) is 22.5 Å². The van der Waals surface area contributed by atoms with E-state index in [1.165, 1.54) is 11.3 Å². The molecule has 0 fully saturated rings. The van der Waals surface area contributed by atoms with Crippen LogP contribution in [0.15, 0.2) is 17.5 Å². The van der Waals surface area contributed by atoms with E-state index in [0.717, 1.165) is 15.8 Å². The Morgan fingerprint density at radius 1 is 1.17 bits per heavy atom. The van der Waals surface area contributed by atoms with E-state index in [1.807, 2.05) is 11.4 Å². The van der Waals surface area contributed by atoms with E-state index in [1.54, 1.807) is 6.07 Å². The first-order valence-electron chi connectivity index (χ1n) is 3.41. The minimum atomic E-state index is 0.603. The van der Waals surface area contributed by atoms with Gasteiger partial charge in [-0.2, -0.15) is 0 Å². The number of nitrogen functional groups attached to an aromatic ring is 2. The molecule has 1 aromatic carbocycles. The largest absolute Gasteiger partial charge is 0.398 e. The van der Waals surface area contributed by atoms with Crippen LogP contribution in [-0.4, -0.2) is 0 Å². The van der Waals surface area contributed by atoms with Gasteiger partial charge in [-0.15, -0.1) is 11.3 Å². The minimum absolute atomic E-state index is 0.603. The Kier molecular flexibility index (Phi) is 1.63. The van der Waals surface area contributed by atoms with Crippen LogP contribution in [0.5, 0.6) is 0 Å². The second kappa shape index (κ2) is 2.54. The zero-order valence-corrected chi connectivity index (χ0v) is 7.75. The normalized spacial score (nSPS) is 10.8. The van der Waals surface area contributed by atoms with Crippen molar-refractivity contribution < 1.29 is 0 Å². The second-order valence-corrected chi connectivity index (χ2v) is 3.79. The highest BCUT2D eigenvalue weighted by Crippen LogP contribution is 2.36. The molecule has 0 saturated heterocycles. The molecule has 12 heavy (non-hydrogen) atoms. The molecule has 2 rings (SSSR count). The van der Waals surface area contributed by atoms with E-state index >= 15 is 0 Å². The van der Waals surface area contributed by atoms with Gasteiger partial charge in [0.25, 0.3) is 0 Å². The summed E-state index contributed by atoms with van der Waals surface area (Å²) < 4.78 is 0.967. The van der Waals surface area contributed by atoms with Gasteiger partial charge in [-0.25, -0.2) is 0 Å². The van der Waals surface area contributed by atoms with E-state index in [0.29, 0.717) is 10.7 Å². The Bertz CT molecular complexity index is 436. The van der Waals surface area contributed by atoms with Gasteiger partial charge in [0.15, 0.2) is 0 Å². The van der Waals surface area contributed by atoms with E-state index in [4.69, 9.17) is 23.1 Å². The molecule has 62 valence electrons. The second-order valence-electron chi connectivity index (χ2n) is 2.54. The van der Waals surface area contributed by atoms with Crippen LogP contribution in [0.2, 0.25) is 5.02 Å². The number of rotatable bonds is 0. The number of nitrogens with two attached hydrogens (primary N) is 2. The molecule has 0 unspecified atom stereocenters. The topological polar surface area (TPSA) is 52.0 Å². The third kappa shape index (κ3) is 0.940. The molecule has 1 aromatic heterocycles. The van der Waals surface area contributed by atoms with Crippen molar-refractivity contribution in [2.75, 3.05) is 11.5 Å². The summed E-state index contributed by atoms with van der Waals surface area (Å²) in [7, 11) is 0. The van der Waals surface area contributed by atoms with Crippen LogP contribution in [0.3, 0.4) is 0 Å². The standard InChI is InChI=1S/C8H7ClN2S/c9-7-5(10)2-1-4-6(11)3-12-8(4)7/h1-3H,10-11H2. The van der Waals surface area contributed by atoms with Gasteiger partial charge < -0.3 is 11.5 Å². The molecule has 0 aliphatic rings. The summed E-state index contributed by atoms with van der Waals surface area (Å²) in [6.07, 6.45) is 0. The van der Waals surface area contributed by atoms with Gasteiger partial charge in [-0.1, -0.05) is 11.6 Å². The van der Waals surface area contributed by atoms with E-state index in [2.05, 4.69) is 0 Å². The van der Waals surface area contributed by atoms with Gasteiger partial charge in [-0.05, 0) is 12.1 Å². The highest BCUT2D eigenvalue weighted by atomic mass is 35.5. The van der Waals surface area contributed by atoms with Crippen molar-refractivity contribution in [3.8, 4) is 0 Å². The quantitative estimate of drug-likeness (QED) is 0.640. The number of thiophene rings is 1. The summed E-state index contributed by atoms with van der Waals surface area (Å²) in [5.74, 6) is 0. The van der Waals surface area contributed by atoms with Crippen LogP contribution in [-0.2, 0) is 0 Å². The lowest BCUT2D eigenvalue weighted by atomic mass is 10.2. The molecular formula is C8H7ClN2S. The van der Waals surface area contributed by atoms with Crippen molar-refractivity contribution in [1.82, 2.24) is 0 Å². The molecule has 4 heteroatoms. The molecule has 0 atom stereocenters. The van der Waals surface area contributed by atoms with Gasteiger partial charge in [0.2, 0.25) is 0 Å². The molecule has 0 bridgehead atoms. The average molecular weight is 199 g/mol. The Labute approximate surface area is 78.7 Å². The third-order valence-corrected chi connectivity index (χ3v) is 3.29. The number of hydrogen-bond donors (Lipinski definition) is 2. The fraction of sp³-hybridized carbons (Fsp3) is 0. The van der Waals surface area contributed by atoms with Gasteiger partial charge in [-0.3, -0.25) is 0 Å². The Morgan fingerprint density at radius 2 is 1.92 bits per heavy atom. The summed E-state index contributed by atoms with van der Waals surface area (Å²) in [6.45, 7) is 0. The van der Waals surface area contributed by atoms with Crippen molar-refractivity contribution >= 4 is 44.4 Å². The van der Waals surface area contributed by atoms with Crippen LogP contribution >= 0.6 is 22.9 Å². The molecule has 0 saturated carbocycles. The first-order valence-corrected chi connectivity index (χ1v) is 4.66. The van der Waals surface area contributed by atoms with E-state index in [9.17, 15) is 0 Å². The number of halogens is 1. The van der Waals surface area contributed by atoms with Crippen LogP contribution in [0.25, 0.3) is 10.1 Å². The Hall–Kier alpha value is -0.930. The Morgan fingerprint density at radius 3 is 2.67 bits per heavy atom. The smallest absolute Gasteiger partial charge is 0.0814 e. The van der Waals surface area contributed by atoms with E-state index < -0.39 is 0 Å². The molecule has 1 heterocycles. The van der Waals surface area contributed by atoms with Crippen LogP contribution < -0.4 is 11.5 Å². The summed E-state index contributed by atoms with van der Waals surface area (Å²) in [4.78, 5) is 0. The minimum Gasteiger partial charge on any atom is -0.398 e. The summed E-state index contributed by atoms with van der Waals surface area (Å²) >= 11 is 7.49. The first kappa shape index (κ1) is 7.71. The zero-order valence-electron chi connectivity index (χ0n) is 6.17. The highest BCUT2D eigenvalue weighted by molar-refractivity contribution is 7.18. The number of fused-ring (bicyclic) bond motifs is 1. The molecule has 4 N–H and O–H groups in total. The van der Waals surface area contributed by atoms with Gasteiger partial charge in [0.05, 0.1) is 21.1 Å². The van der Waals surface area contributed by atoms with Crippen LogP contribution in [0.4, 0.5) is 11.4 Å². The van der Waals surface area contributed by atoms with Crippen molar-refractivity contribution in [2.45, 2.75) is 0 Å². The fourth-order valence-electron chi connectivity index (χ4n) is 1.10. The number of hydrogen-bond acceptors (Lipinski definition) is 3. The monoisotopic (exact) mass is 198 g/mol. The summed E-state index contributed by atoms with van der Waals surface area (Å²) in [6, 6.07) is 3.66. The summed E-state index contributed by atoms with van der Waals surface area (Å²) in [5, 5.41) is 3.46. The average Bonchev–Trinajstić information content (AvgIpc) is 2.41. The van der Waals surface area contributed by atoms with Gasteiger partial charge in [0.1, 0.15) is 0 Å². The van der Waals surface area contributed by atoms with Crippen molar-refractivity contribution in [3.63, 3.8) is 0 Å². The van der Waals surface area contributed by atoms with Crippen molar-refractivity contribution in [1.29, 1.82) is 0 Å². The van der Waals surface area contributed by atoms with Crippen LogP contribution in [0.1, 0.15) is 0 Å². The third-order valence-electron chi connectivity index (χ3n) is 1.74. The predicted molar refractivity (Wildman–Crippen MR) is 55.7 cm³/mol. The van der Waals surface area contributed by atoms with Gasteiger partial charge >= 0.3 is 0 Å². The summed E-state index contributed by atoms with van der Waals surface area (Å²) in [5.41, 5.74) is 12.7. The Balaban J connectivity index is 2.93. The lowest BCUT2D eigenvalue weighted by molar-refractivity contribution is 1.78. The maximum Gasteiger partial charge on any atom is 0.0814 e. The SMILES string of the molecule is Nc1ccc2c(N)csc2c1Cl.